The number of carbonyl (C=O) groups excluding carboxylic acids is 1. The van der Waals surface area contributed by atoms with Crippen LogP contribution in [0, 0.1) is 20.8 Å². The number of hydrogen-bond acceptors (Lipinski definition) is 3. The van der Waals surface area contributed by atoms with E-state index in [1.54, 1.807) is 0 Å². The number of ether oxygens (including phenoxy) is 1. The number of halogens is 1. The van der Waals surface area contributed by atoms with Gasteiger partial charge in [0.2, 0.25) is 0 Å². The van der Waals surface area contributed by atoms with Crippen LogP contribution in [0.3, 0.4) is 0 Å². The van der Waals surface area contributed by atoms with E-state index in [4.69, 9.17) is 4.74 Å². The lowest BCUT2D eigenvalue weighted by atomic mass is 9.87. The van der Waals surface area contributed by atoms with E-state index in [1.165, 1.54) is 16.7 Å². The second kappa shape index (κ2) is 7.32. The summed E-state index contributed by atoms with van der Waals surface area (Å²) in [6.45, 7) is 10.2. The third-order valence-electron chi connectivity index (χ3n) is 5.41. The second-order valence-electron chi connectivity index (χ2n) is 7.29. The molecule has 2 aliphatic rings. The van der Waals surface area contributed by atoms with Gasteiger partial charge in [-0.25, -0.2) is 0 Å². The van der Waals surface area contributed by atoms with Gasteiger partial charge in [0.25, 0.3) is 5.91 Å². The Bertz CT molecular complexity index is 626. The van der Waals surface area contributed by atoms with E-state index in [2.05, 4.69) is 37.5 Å². The van der Waals surface area contributed by atoms with Crippen molar-refractivity contribution < 1.29 is 9.53 Å². The van der Waals surface area contributed by atoms with Crippen LogP contribution < -0.4 is 15.4 Å². The molecule has 1 unspecified atom stereocenters. The Hall–Kier alpha value is -1.26. The van der Waals surface area contributed by atoms with E-state index in [-0.39, 0.29) is 24.4 Å². The fourth-order valence-electron chi connectivity index (χ4n) is 3.67. The first-order chi connectivity index (χ1) is 10.9. The zero-order valence-electron chi connectivity index (χ0n) is 15.1. The monoisotopic (exact) mass is 352 g/mol. The summed E-state index contributed by atoms with van der Waals surface area (Å²) in [7, 11) is 0. The van der Waals surface area contributed by atoms with Crippen molar-refractivity contribution >= 4 is 18.3 Å². The van der Waals surface area contributed by atoms with Crippen LogP contribution in [0.25, 0.3) is 0 Å². The molecule has 1 aromatic carbocycles. The van der Waals surface area contributed by atoms with Crippen LogP contribution in [0.4, 0.5) is 0 Å². The lowest BCUT2D eigenvalue weighted by Gasteiger charge is -2.37. The molecule has 4 nitrogen and oxygen atoms in total. The maximum Gasteiger partial charge on any atom is 0.264 e. The molecule has 2 atom stereocenters. The molecule has 2 N–H and O–H groups in total. The van der Waals surface area contributed by atoms with Gasteiger partial charge in [-0.1, -0.05) is 6.07 Å². The molecule has 5 heteroatoms. The van der Waals surface area contributed by atoms with Crippen LogP contribution in [0.1, 0.15) is 48.4 Å². The number of hydrogen-bond donors (Lipinski definition) is 2. The van der Waals surface area contributed by atoms with Gasteiger partial charge in [0.1, 0.15) is 5.75 Å². The van der Waals surface area contributed by atoms with Gasteiger partial charge in [0, 0.05) is 19.0 Å². The molecule has 3 rings (SSSR count). The highest BCUT2D eigenvalue weighted by Crippen LogP contribution is 2.39. The predicted molar refractivity (Wildman–Crippen MR) is 99.3 cm³/mol. The lowest BCUT2D eigenvalue weighted by Crippen LogP contribution is -2.56. The Morgan fingerprint density at radius 3 is 2.75 bits per heavy atom. The van der Waals surface area contributed by atoms with Crippen molar-refractivity contribution in [1.29, 1.82) is 0 Å². The zero-order chi connectivity index (χ0) is 16.6. The summed E-state index contributed by atoms with van der Waals surface area (Å²) in [5.74, 6) is 0.948. The molecule has 1 aromatic rings. The molecule has 0 spiro atoms. The molecular weight excluding hydrogens is 324 g/mol. The van der Waals surface area contributed by atoms with Gasteiger partial charge in [-0.15, -0.1) is 12.4 Å². The van der Waals surface area contributed by atoms with E-state index < -0.39 is 5.60 Å². The summed E-state index contributed by atoms with van der Waals surface area (Å²) in [6, 6.07) is 2.44. The Kier molecular flexibility index (Phi) is 5.82. The molecule has 0 saturated carbocycles. The van der Waals surface area contributed by atoms with E-state index in [0.29, 0.717) is 0 Å². The number of fused-ring (bicyclic) bond motifs is 1. The second-order valence-corrected chi connectivity index (χ2v) is 7.29. The lowest BCUT2D eigenvalue weighted by molar-refractivity contribution is -0.137. The minimum Gasteiger partial charge on any atom is -0.477 e. The molecular formula is C19H29ClN2O2. The predicted octanol–water partition coefficient (Wildman–Crippen LogP) is 2.99. The summed E-state index contributed by atoms with van der Waals surface area (Å²) in [5.41, 5.74) is 4.14. The molecule has 1 amide bonds. The number of amides is 1. The van der Waals surface area contributed by atoms with Crippen LogP contribution in [0.5, 0.6) is 5.75 Å². The van der Waals surface area contributed by atoms with Crippen molar-refractivity contribution in [3.63, 3.8) is 0 Å². The number of nitrogens with one attached hydrogen (secondary N) is 2. The van der Waals surface area contributed by atoms with Gasteiger partial charge in [0.15, 0.2) is 5.60 Å². The fourth-order valence-corrected chi connectivity index (χ4v) is 3.67. The SMILES string of the molecule is Cc1cc(C)c2c(c1C)OC(C)(C(=O)N[C@@H]1CCCNC1)CC2.Cl. The first-order valence-electron chi connectivity index (χ1n) is 8.71. The Labute approximate surface area is 151 Å². The summed E-state index contributed by atoms with van der Waals surface area (Å²) in [6.07, 6.45) is 3.79. The van der Waals surface area contributed by atoms with Crippen LogP contribution in [-0.4, -0.2) is 30.6 Å². The number of carbonyl (C=O) groups is 1. The minimum absolute atomic E-state index is 0. The molecule has 0 aliphatic carbocycles. The Morgan fingerprint density at radius 2 is 2.08 bits per heavy atom. The Morgan fingerprint density at radius 1 is 1.33 bits per heavy atom. The normalized spacial score (nSPS) is 25.9. The van der Waals surface area contributed by atoms with Crippen molar-refractivity contribution in [2.75, 3.05) is 13.1 Å². The molecule has 24 heavy (non-hydrogen) atoms. The highest BCUT2D eigenvalue weighted by molar-refractivity contribution is 5.86. The molecule has 0 bridgehead atoms. The van der Waals surface area contributed by atoms with E-state index in [9.17, 15) is 4.79 Å². The van der Waals surface area contributed by atoms with E-state index in [0.717, 1.165) is 50.1 Å². The molecule has 1 saturated heterocycles. The molecule has 1 fully saturated rings. The van der Waals surface area contributed by atoms with Crippen molar-refractivity contribution in [3.8, 4) is 5.75 Å². The molecule has 0 aromatic heterocycles. The smallest absolute Gasteiger partial charge is 0.264 e. The van der Waals surface area contributed by atoms with E-state index in [1.807, 2.05) is 6.92 Å². The number of piperidine rings is 1. The topological polar surface area (TPSA) is 50.4 Å². The summed E-state index contributed by atoms with van der Waals surface area (Å²) in [5, 5.41) is 6.52. The quantitative estimate of drug-likeness (QED) is 0.860. The minimum atomic E-state index is -0.768. The van der Waals surface area contributed by atoms with Gasteiger partial charge in [0.05, 0.1) is 0 Å². The van der Waals surface area contributed by atoms with Crippen LogP contribution in [-0.2, 0) is 11.2 Å². The number of aryl methyl sites for hydroxylation is 2. The average molecular weight is 353 g/mol. The maximum absolute atomic E-state index is 12.8. The first-order valence-corrected chi connectivity index (χ1v) is 8.71. The molecule has 2 heterocycles. The largest absolute Gasteiger partial charge is 0.477 e. The van der Waals surface area contributed by atoms with Gasteiger partial charge >= 0.3 is 0 Å². The van der Waals surface area contributed by atoms with Crippen LogP contribution in [0.2, 0.25) is 0 Å². The molecule has 134 valence electrons. The number of benzene rings is 1. The molecule has 0 radical (unpaired) electrons. The van der Waals surface area contributed by atoms with Crippen molar-refractivity contribution in [3.05, 3.63) is 28.3 Å². The van der Waals surface area contributed by atoms with Crippen molar-refractivity contribution in [2.45, 2.75) is 65.0 Å². The van der Waals surface area contributed by atoms with Gasteiger partial charge < -0.3 is 15.4 Å². The number of rotatable bonds is 2. The third kappa shape index (κ3) is 3.55. The van der Waals surface area contributed by atoms with Gasteiger partial charge in [-0.2, -0.15) is 0 Å². The first kappa shape index (κ1) is 19.1. The summed E-state index contributed by atoms with van der Waals surface area (Å²) < 4.78 is 6.28. The standard InChI is InChI=1S/C19H28N2O2.ClH/c1-12-10-13(2)16-7-8-19(4,23-17(16)14(12)3)18(22)21-15-6-5-9-20-11-15;/h10,15,20H,5-9,11H2,1-4H3,(H,21,22);1H/t15-,19?;/m1./s1. The summed E-state index contributed by atoms with van der Waals surface area (Å²) >= 11 is 0. The average Bonchev–Trinajstić information content (AvgIpc) is 2.53. The summed E-state index contributed by atoms with van der Waals surface area (Å²) in [4.78, 5) is 12.8. The molecule has 2 aliphatic heterocycles. The zero-order valence-corrected chi connectivity index (χ0v) is 15.9. The van der Waals surface area contributed by atoms with Gasteiger partial charge in [-0.05, 0) is 75.8 Å². The highest BCUT2D eigenvalue weighted by Gasteiger charge is 2.41. The van der Waals surface area contributed by atoms with Crippen LogP contribution in [0.15, 0.2) is 6.07 Å². The third-order valence-corrected chi connectivity index (χ3v) is 5.41. The van der Waals surface area contributed by atoms with Crippen molar-refractivity contribution in [2.24, 2.45) is 0 Å². The highest BCUT2D eigenvalue weighted by atomic mass is 35.5. The van der Waals surface area contributed by atoms with Crippen LogP contribution >= 0.6 is 12.4 Å². The maximum atomic E-state index is 12.8. The van der Waals surface area contributed by atoms with Gasteiger partial charge in [-0.3, -0.25) is 4.79 Å². The Balaban J connectivity index is 0.00000208. The van der Waals surface area contributed by atoms with Crippen molar-refractivity contribution in [1.82, 2.24) is 10.6 Å². The van der Waals surface area contributed by atoms with E-state index >= 15 is 0 Å². The fraction of sp³-hybridized carbons (Fsp3) is 0.632.